The zero-order valence-electron chi connectivity index (χ0n) is 12.0. The molecule has 0 aromatic carbocycles. The molecule has 1 aliphatic heterocycles. The number of anilines is 1. The molecule has 19 heavy (non-hydrogen) atoms. The molecule has 0 saturated carbocycles. The zero-order chi connectivity index (χ0) is 13.8. The fourth-order valence-corrected chi connectivity index (χ4v) is 3.59. The Morgan fingerprint density at radius 3 is 2.53 bits per heavy atom. The number of nitriles is 1. The molecule has 0 amide bonds. The zero-order valence-corrected chi connectivity index (χ0v) is 12.8. The molecule has 0 aliphatic carbocycles. The third-order valence-corrected chi connectivity index (χ3v) is 4.72. The lowest BCUT2D eigenvalue weighted by Gasteiger charge is -2.33. The van der Waals surface area contributed by atoms with E-state index in [1.54, 1.807) is 11.3 Å². The Hall–Kier alpha value is -1.12. The molecule has 104 valence electrons. The molecule has 0 bridgehead atoms. The maximum atomic E-state index is 8.92. The van der Waals surface area contributed by atoms with Crippen molar-refractivity contribution in [1.82, 2.24) is 9.88 Å². The second-order valence-corrected chi connectivity index (χ2v) is 6.28. The SMILES string of the molecule is CCN1CCN(c2nc(C(C)C)c(CC#N)s2)CC1. The van der Waals surface area contributed by atoms with Gasteiger partial charge in [0.2, 0.25) is 0 Å². The van der Waals surface area contributed by atoms with Crippen LogP contribution < -0.4 is 4.90 Å². The third-order valence-electron chi connectivity index (χ3n) is 3.59. The molecule has 1 fully saturated rings. The van der Waals surface area contributed by atoms with Crippen LogP contribution in [0.25, 0.3) is 0 Å². The van der Waals surface area contributed by atoms with Crippen molar-refractivity contribution in [2.75, 3.05) is 37.6 Å². The third kappa shape index (κ3) is 3.26. The summed E-state index contributed by atoms with van der Waals surface area (Å²) >= 11 is 1.70. The number of piperazine rings is 1. The van der Waals surface area contributed by atoms with E-state index in [4.69, 9.17) is 10.2 Å². The van der Waals surface area contributed by atoms with Crippen LogP contribution in [-0.4, -0.2) is 42.6 Å². The standard InChI is InChI=1S/C14H22N4S/c1-4-17-7-9-18(10-8-17)14-16-13(11(2)3)12(19-14)5-6-15/h11H,4-5,7-10H2,1-3H3. The Morgan fingerprint density at radius 2 is 2.00 bits per heavy atom. The molecule has 5 heteroatoms. The van der Waals surface area contributed by atoms with Gasteiger partial charge in [-0.2, -0.15) is 5.26 Å². The van der Waals surface area contributed by atoms with E-state index < -0.39 is 0 Å². The van der Waals surface area contributed by atoms with Crippen molar-refractivity contribution in [2.24, 2.45) is 0 Å². The number of likely N-dealkylation sites (N-methyl/N-ethyl adjacent to an activating group) is 1. The summed E-state index contributed by atoms with van der Waals surface area (Å²) < 4.78 is 0. The number of hydrogen-bond donors (Lipinski definition) is 0. The van der Waals surface area contributed by atoms with Gasteiger partial charge in [-0.1, -0.05) is 20.8 Å². The van der Waals surface area contributed by atoms with Crippen LogP contribution in [0.2, 0.25) is 0 Å². The van der Waals surface area contributed by atoms with Crippen LogP contribution in [0.1, 0.15) is 37.3 Å². The maximum absolute atomic E-state index is 8.92. The van der Waals surface area contributed by atoms with Gasteiger partial charge < -0.3 is 9.80 Å². The summed E-state index contributed by atoms with van der Waals surface area (Å²) in [4.78, 5) is 10.7. The first-order chi connectivity index (χ1) is 9.15. The molecular weight excluding hydrogens is 256 g/mol. The van der Waals surface area contributed by atoms with Gasteiger partial charge in [-0.3, -0.25) is 0 Å². The second-order valence-electron chi connectivity index (χ2n) is 5.22. The van der Waals surface area contributed by atoms with E-state index in [1.807, 2.05) is 0 Å². The summed E-state index contributed by atoms with van der Waals surface area (Å²) in [5.41, 5.74) is 1.11. The van der Waals surface area contributed by atoms with E-state index in [0.717, 1.165) is 48.4 Å². The molecule has 0 spiro atoms. The normalized spacial score (nSPS) is 16.9. The number of aromatic nitrogens is 1. The van der Waals surface area contributed by atoms with E-state index in [-0.39, 0.29) is 0 Å². The lowest BCUT2D eigenvalue weighted by atomic mass is 10.1. The first-order valence-corrected chi connectivity index (χ1v) is 7.81. The molecule has 0 N–H and O–H groups in total. The minimum Gasteiger partial charge on any atom is -0.346 e. The van der Waals surface area contributed by atoms with E-state index in [9.17, 15) is 0 Å². The van der Waals surface area contributed by atoms with Crippen molar-refractivity contribution in [3.63, 3.8) is 0 Å². The van der Waals surface area contributed by atoms with Crippen molar-refractivity contribution >= 4 is 16.5 Å². The van der Waals surface area contributed by atoms with E-state index >= 15 is 0 Å². The fourth-order valence-electron chi connectivity index (χ4n) is 2.39. The number of nitrogens with zero attached hydrogens (tertiary/aromatic N) is 4. The summed E-state index contributed by atoms with van der Waals surface area (Å²) in [5, 5.41) is 10.0. The Balaban J connectivity index is 2.13. The Morgan fingerprint density at radius 1 is 1.32 bits per heavy atom. The molecule has 1 aromatic rings. The molecule has 2 rings (SSSR count). The van der Waals surface area contributed by atoms with Crippen LogP contribution >= 0.6 is 11.3 Å². The molecule has 0 radical (unpaired) electrons. The van der Waals surface area contributed by atoms with E-state index in [0.29, 0.717) is 12.3 Å². The molecular formula is C14H22N4S. The van der Waals surface area contributed by atoms with Crippen molar-refractivity contribution in [3.8, 4) is 6.07 Å². The summed E-state index contributed by atoms with van der Waals surface area (Å²) in [7, 11) is 0. The van der Waals surface area contributed by atoms with Gasteiger partial charge in [-0.05, 0) is 12.5 Å². The van der Waals surface area contributed by atoms with Crippen LogP contribution in [0.15, 0.2) is 0 Å². The van der Waals surface area contributed by atoms with Crippen LogP contribution in [0.5, 0.6) is 0 Å². The van der Waals surface area contributed by atoms with Gasteiger partial charge in [0, 0.05) is 31.1 Å². The number of rotatable bonds is 4. The molecule has 1 saturated heterocycles. The monoisotopic (exact) mass is 278 g/mol. The van der Waals surface area contributed by atoms with Crippen LogP contribution in [0.3, 0.4) is 0 Å². The molecule has 1 aliphatic rings. The average molecular weight is 278 g/mol. The van der Waals surface area contributed by atoms with Gasteiger partial charge in [-0.15, -0.1) is 11.3 Å². The predicted octanol–water partition coefficient (Wildman–Crippen LogP) is 2.47. The number of hydrogen-bond acceptors (Lipinski definition) is 5. The highest BCUT2D eigenvalue weighted by Gasteiger charge is 2.21. The highest BCUT2D eigenvalue weighted by atomic mass is 32.1. The molecule has 1 aromatic heterocycles. The van der Waals surface area contributed by atoms with E-state index in [2.05, 4.69) is 36.6 Å². The van der Waals surface area contributed by atoms with E-state index in [1.165, 1.54) is 0 Å². The highest BCUT2D eigenvalue weighted by molar-refractivity contribution is 7.15. The Kier molecular flexibility index (Phi) is 4.78. The maximum Gasteiger partial charge on any atom is 0.185 e. The summed E-state index contributed by atoms with van der Waals surface area (Å²) in [5.74, 6) is 0.394. The van der Waals surface area contributed by atoms with Gasteiger partial charge >= 0.3 is 0 Å². The Bertz CT molecular complexity index is 453. The van der Waals surface area contributed by atoms with Crippen LogP contribution in [0.4, 0.5) is 5.13 Å². The van der Waals surface area contributed by atoms with Gasteiger partial charge in [-0.25, -0.2) is 4.98 Å². The minimum atomic E-state index is 0.394. The van der Waals surface area contributed by atoms with Gasteiger partial charge in [0.1, 0.15) is 0 Å². The average Bonchev–Trinajstić information content (AvgIpc) is 2.83. The van der Waals surface area contributed by atoms with Crippen molar-refractivity contribution < 1.29 is 0 Å². The lowest BCUT2D eigenvalue weighted by Crippen LogP contribution is -2.46. The van der Waals surface area contributed by atoms with Gasteiger partial charge in [0.15, 0.2) is 5.13 Å². The van der Waals surface area contributed by atoms with Crippen LogP contribution in [-0.2, 0) is 6.42 Å². The first-order valence-electron chi connectivity index (χ1n) is 6.99. The smallest absolute Gasteiger partial charge is 0.185 e. The van der Waals surface area contributed by atoms with Gasteiger partial charge in [0.05, 0.1) is 18.2 Å². The number of thiazole rings is 1. The molecule has 4 nitrogen and oxygen atoms in total. The van der Waals surface area contributed by atoms with Crippen molar-refractivity contribution in [3.05, 3.63) is 10.6 Å². The predicted molar refractivity (Wildman–Crippen MR) is 79.8 cm³/mol. The van der Waals surface area contributed by atoms with Crippen LogP contribution in [0, 0.1) is 11.3 Å². The van der Waals surface area contributed by atoms with Crippen molar-refractivity contribution in [2.45, 2.75) is 33.1 Å². The molecule has 2 heterocycles. The quantitative estimate of drug-likeness (QED) is 0.848. The Labute approximate surface area is 119 Å². The molecule has 0 unspecified atom stereocenters. The lowest BCUT2D eigenvalue weighted by molar-refractivity contribution is 0.271. The highest BCUT2D eigenvalue weighted by Crippen LogP contribution is 2.31. The minimum absolute atomic E-state index is 0.394. The summed E-state index contributed by atoms with van der Waals surface area (Å²) in [6.07, 6.45) is 0.486. The summed E-state index contributed by atoms with van der Waals surface area (Å²) in [6.45, 7) is 11.9. The second kappa shape index (κ2) is 6.36. The largest absolute Gasteiger partial charge is 0.346 e. The van der Waals surface area contributed by atoms with Crippen molar-refractivity contribution in [1.29, 1.82) is 5.26 Å². The summed E-state index contributed by atoms with van der Waals surface area (Å²) in [6, 6.07) is 2.26. The fraction of sp³-hybridized carbons (Fsp3) is 0.714. The topological polar surface area (TPSA) is 43.2 Å². The molecule has 0 atom stereocenters. The van der Waals surface area contributed by atoms with Gasteiger partial charge in [0.25, 0.3) is 0 Å². The first kappa shape index (κ1) is 14.3.